The average molecular weight is 427 g/mol. The number of hydrogen-bond donors (Lipinski definition) is 3. The van der Waals surface area contributed by atoms with Gasteiger partial charge in [0.1, 0.15) is 11.6 Å². The summed E-state index contributed by atoms with van der Waals surface area (Å²) in [4.78, 5) is 12.1. The molecule has 4 N–H and O–H groups in total. The summed E-state index contributed by atoms with van der Waals surface area (Å²) in [5.74, 6) is 1.88. The summed E-state index contributed by atoms with van der Waals surface area (Å²) in [7, 11) is 2.04. The van der Waals surface area contributed by atoms with Crippen LogP contribution in [0.25, 0.3) is 21.8 Å². The van der Waals surface area contributed by atoms with E-state index in [4.69, 9.17) is 10.5 Å². The second kappa shape index (κ2) is 8.26. The Hall–Kier alpha value is -4.00. The highest BCUT2D eigenvalue weighted by Crippen LogP contribution is 2.27. The van der Waals surface area contributed by atoms with Gasteiger partial charge in [-0.25, -0.2) is 4.98 Å². The Morgan fingerprint density at radius 2 is 1.97 bits per heavy atom. The largest absolute Gasteiger partial charge is 0.494 e. The minimum atomic E-state index is 0.254. The SMILES string of the molecule is CCOc1ccc2[nH]cc(CCc3cnc(N)nc3Nc3ccc4ccn(C)c4c3)c2c1. The van der Waals surface area contributed by atoms with Gasteiger partial charge in [0, 0.05) is 53.3 Å². The second-order valence-corrected chi connectivity index (χ2v) is 7.88. The fraction of sp³-hybridized carbons (Fsp3) is 0.200. The van der Waals surface area contributed by atoms with Crippen LogP contribution in [0.4, 0.5) is 17.5 Å². The highest BCUT2D eigenvalue weighted by molar-refractivity contribution is 5.85. The molecule has 0 unspecified atom stereocenters. The molecule has 0 aliphatic rings. The lowest BCUT2D eigenvalue weighted by atomic mass is 10.0. The third kappa shape index (κ3) is 3.85. The topological polar surface area (TPSA) is 93.8 Å². The maximum Gasteiger partial charge on any atom is 0.221 e. The van der Waals surface area contributed by atoms with E-state index in [1.807, 2.05) is 26.2 Å². The quantitative estimate of drug-likeness (QED) is 0.342. The molecule has 0 saturated carbocycles. The van der Waals surface area contributed by atoms with Crippen LogP contribution in [0.3, 0.4) is 0 Å². The summed E-state index contributed by atoms with van der Waals surface area (Å²) in [6, 6.07) is 14.5. The third-order valence-electron chi connectivity index (χ3n) is 5.75. The molecule has 0 fully saturated rings. The first-order valence-corrected chi connectivity index (χ1v) is 10.8. The van der Waals surface area contributed by atoms with Crippen molar-refractivity contribution >= 4 is 39.3 Å². The van der Waals surface area contributed by atoms with Gasteiger partial charge in [0.25, 0.3) is 0 Å². The van der Waals surface area contributed by atoms with Gasteiger partial charge in [-0.15, -0.1) is 0 Å². The summed E-state index contributed by atoms with van der Waals surface area (Å²) in [6.45, 7) is 2.64. The minimum Gasteiger partial charge on any atom is -0.494 e. The lowest BCUT2D eigenvalue weighted by molar-refractivity contribution is 0.340. The number of nitrogen functional groups attached to an aromatic ring is 1. The number of nitrogens with zero attached hydrogens (tertiary/aromatic N) is 3. The van der Waals surface area contributed by atoms with Crippen LogP contribution < -0.4 is 15.8 Å². The Labute approximate surface area is 186 Å². The van der Waals surface area contributed by atoms with Gasteiger partial charge in [0.05, 0.1) is 6.61 Å². The van der Waals surface area contributed by atoms with Crippen molar-refractivity contribution < 1.29 is 4.74 Å². The molecule has 0 aliphatic heterocycles. The van der Waals surface area contributed by atoms with Gasteiger partial charge in [-0.3, -0.25) is 0 Å². The van der Waals surface area contributed by atoms with Gasteiger partial charge >= 0.3 is 0 Å². The van der Waals surface area contributed by atoms with E-state index < -0.39 is 0 Å². The van der Waals surface area contributed by atoms with Gasteiger partial charge in [-0.1, -0.05) is 6.07 Å². The maximum absolute atomic E-state index is 5.90. The zero-order valence-corrected chi connectivity index (χ0v) is 18.2. The molecule has 0 bridgehead atoms. The first kappa shape index (κ1) is 19.9. The molecule has 162 valence electrons. The van der Waals surface area contributed by atoms with E-state index >= 15 is 0 Å². The Kier molecular flexibility index (Phi) is 5.15. The molecule has 0 saturated heterocycles. The number of benzene rings is 2. The number of aryl methyl sites for hydroxylation is 3. The van der Waals surface area contributed by atoms with Crippen molar-refractivity contribution in [3.63, 3.8) is 0 Å². The number of fused-ring (bicyclic) bond motifs is 2. The summed E-state index contributed by atoms with van der Waals surface area (Å²) in [5, 5.41) is 5.82. The molecule has 0 radical (unpaired) electrons. The van der Waals surface area contributed by atoms with E-state index in [1.165, 1.54) is 16.3 Å². The van der Waals surface area contributed by atoms with Gasteiger partial charge in [0.15, 0.2) is 0 Å². The average Bonchev–Trinajstić information content (AvgIpc) is 3.36. The van der Waals surface area contributed by atoms with Crippen molar-refractivity contribution in [1.29, 1.82) is 0 Å². The minimum absolute atomic E-state index is 0.254. The molecule has 3 aromatic heterocycles. The van der Waals surface area contributed by atoms with E-state index in [0.717, 1.165) is 46.7 Å². The Balaban J connectivity index is 1.40. The van der Waals surface area contributed by atoms with E-state index in [1.54, 1.807) is 0 Å². The molecular formula is C25H26N6O. The van der Waals surface area contributed by atoms with Crippen molar-refractivity contribution in [3.05, 3.63) is 72.2 Å². The number of rotatable bonds is 7. The second-order valence-electron chi connectivity index (χ2n) is 7.88. The van der Waals surface area contributed by atoms with Crippen LogP contribution >= 0.6 is 0 Å². The molecule has 0 atom stereocenters. The molecule has 7 heteroatoms. The first-order chi connectivity index (χ1) is 15.6. The van der Waals surface area contributed by atoms with Crippen LogP contribution in [0.5, 0.6) is 5.75 Å². The Bertz CT molecular complexity index is 1400. The molecule has 5 rings (SSSR count). The molecular weight excluding hydrogens is 400 g/mol. The fourth-order valence-electron chi connectivity index (χ4n) is 4.08. The van der Waals surface area contributed by atoms with Crippen molar-refractivity contribution in [2.24, 2.45) is 7.05 Å². The van der Waals surface area contributed by atoms with E-state index in [9.17, 15) is 0 Å². The number of nitrogens with one attached hydrogen (secondary N) is 2. The number of aromatic nitrogens is 4. The Morgan fingerprint density at radius 3 is 2.84 bits per heavy atom. The summed E-state index contributed by atoms with van der Waals surface area (Å²) < 4.78 is 7.77. The van der Waals surface area contributed by atoms with Crippen molar-refractivity contribution in [1.82, 2.24) is 19.5 Å². The molecule has 32 heavy (non-hydrogen) atoms. The predicted molar refractivity (Wildman–Crippen MR) is 130 cm³/mol. The summed E-state index contributed by atoms with van der Waals surface area (Å²) in [6.07, 6.45) is 7.55. The number of aromatic amines is 1. The van der Waals surface area contributed by atoms with E-state index in [2.05, 4.69) is 73.6 Å². The maximum atomic E-state index is 5.90. The van der Waals surface area contributed by atoms with Gasteiger partial charge < -0.3 is 25.3 Å². The van der Waals surface area contributed by atoms with Gasteiger partial charge in [-0.2, -0.15) is 4.98 Å². The van der Waals surface area contributed by atoms with Crippen LogP contribution in [0.2, 0.25) is 0 Å². The molecule has 7 nitrogen and oxygen atoms in total. The zero-order chi connectivity index (χ0) is 22.1. The molecule has 5 aromatic rings. The van der Waals surface area contributed by atoms with E-state index in [-0.39, 0.29) is 5.95 Å². The number of ether oxygens (including phenoxy) is 1. The lowest BCUT2D eigenvalue weighted by Gasteiger charge is -2.12. The molecule has 2 aromatic carbocycles. The number of anilines is 3. The smallest absolute Gasteiger partial charge is 0.221 e. The monoisotopic (exact) mass is 426 g/mol. The molecule has 0 amide bonds. The number of nitrogens with two attached hydrogens (primary N) is 1. The predicted octanol–water partition coefficient (Wildman–Crippen LogP) is 4.96. The van der Waals surface area contributed by atoms with Crippen LogP contribution in [0.1, 0.15) is 18.1 Å². The van der Waals surface area contributed by atoms with E-state index in [0.29, 0.717) is 6.61 Å². The number of hydrogen-bond acceptors (Lipinski definition) is 5. The molecule has 0 spiro atoms. The summed E-state index contributed by atoms with van der Waals surface area (Å²) in [5.41, 5.74) is 11.4. The van der Waals surface area contributed by atoms with Crippen LogP contribution in [0.15, 0.2) is 61.1 Å². The van der Waals surface area contributed by atoms with Crippen molar-refractivity contribution in [2.45, 2.75) is 19.8 Å². The lowest BCUT2D eigenvalue weighted by Crippen LogP contribution is -2.05. The van der Waals surface area contributed by atoms with Crippen molar-refractivity contribution in [3.8, 4) is 5.75 Å². The van der Waals surface area contributed by atoms with Crippen molar-refractivity contribution in [2.75, 3.05) is 17.7 Å². The fourth-order valence-corrected chi connectivity index (χ4v) is 4.08. The number of H-pyrrole nitrogens is 1. The zero-order valence-electron chi connectivity index (χ0n) is 18.2. The Morgan fingerprint density at radius 1 is 1.09 bits per heavy atom. The van der Waals surface area contributed by atoms with Crippen LogP contribution in [0, 0.1) is 0 Å². The normalized spacial score (nSPS) is 11.3. The van der Waals surface area contributed by atoms with Crippen LogP contribution in [-0.2, 0) is 19.9 Å². The van der Waals surface area contributed by atoms with Gasteiger partial charge in [-0.05, 0) is 67.1 Å². The first-order valence-electron chi connectivity index (χ1n) is 10.8. The summed E-state index contributed by atoms with van der Waals surface area (Å²) >= 11 is 0. The van der Waals surface area contributed by atoms with Crippen LogP contribution in [-0.4, -0.2) is 26.1 Å². The standard InChI is InChI=1S/C25H26N6O/c1-3-32-20-8-9-22-21(13-20)17(14-27-22)4-5-18-15-28-25(26)30-24(18)29-19-7-6-16-10-11-31(2)23(16)12-19/h6-15,27H,3-5H2,1-2H3,(H3,26,28,29,30). The molecule has 3 heterocycles. The third-order valence-corrected chi connectivity index (χ3v) is 5.75. The molecule has 0 aliphatic carbocycles. The highest BCUT2D eigenvalue weighted by atomic mass is 16.5. The van der Waals surface area contributed by atoms with Gasteiger partial charge in [0.2, 0.25) is 5.95 Å². The highest BCUT2D eigenvalue weighted by Gasteiger charge is 2.11.